The van der Waals surface area contributed by atoms with Gasteiger partial charge in [-0.1, -0.05) is 35.0 Å². The number of nitrogens with zero attached hydrogens (tertiary/aromatic N) is 3. The van der Waals surface area contributed by atoms with E-state index in [-0.39, 0.29) is 23.9 Å². The molecule has 1 heterocycles. The summed E-state index contributed by atoms with van der Waals surface area (Å²) in [6.07, 6.45) is 0. The topological polar surface area (TPSA) is 91.3 Å². The standard InChI is InChI=1S/C16H12FN3O4/c1-10-2-4-11(5-3-10)16-18-15(24-19-16)9-23-14-8-12(17)6-7-13(14)20(21)22/h2-8H,9H2,1H3. The van der Waals surface area contributed by atoms with Gasteiger partial charge in [0.25, 0.3) is 5.89 Å². The van der Waals surface area contributed by atoms with Crippen molar-refractivity contribution in [1.29, 1.82) is 0 Å². The van der Waals surface area contributed by atoms with E-state index >= 15 is 0 Å². The highest BCUT2D eigenvalue weighted by molar-refractivity contribution is 5.54. The summed E-state index contributed by atoms with van der Waals surface area (Å²) < 4.78 is 23.5. The highest BCUT2D eigenvalue weighted by Crippen LogP contribution is 2.28. The van der Waals surface area contributed by atoms with Gasteiger partial charge in [-0.05, 0) is 13.0 Å². The molecule has 0 aliphatic rings. The second-order valence-electron chi connectivity index (χ2n) is 5.04. The molecule has 0 unspecified atom stereocenters. The number of halogens is 1. The summed E-state index contributed by atoms with van der Waals surface area (Å²) in [5.41, 5.74) is 1.53. The molecule has 0 aliphatic heterocycles. The van der Waals surface area contributed by atoms with Crippen molar-refractivity contribution in [3.8, 4) is 17.1 Å². The summed E-state index contributed by atoms with van der Waals surface area (Å²) in [6.45, 7) is 1.76. The minimum atomic E-state index is -0.652. The van der Waals surface area contributed by atoms with Crippen molar-refractivity contribution >= 4 is 5.69 Å². The van der Waals surface area contributed by atoms with Gasteiger partial charge < -0.3 is 9.26 Å². The van der Waals surface area contributed by atoms with Gasteiger partial charge >= 0.3 is 5.69 Å². The van der Waals surface area contributed by atoms with Crippen molar-refractivity contribution in [3.05, 3.63) is 69.9 Å². The number of rotatable bonds is 5. The van der Waals surface area contributed by atoms with Crippen LogP contribution in [0.25, 0.3) is 11.4 Å². The van der Waals surface area contributed by atoms with Gasteiger partial charge in [0.2, 0.25) is 11.6 Å². The Balaban J connectivity index is 1.75. The molecule has 1 aromatic heterocycles. The fourth-order valence-corrected chi connectivity index (χ4v) is 2.03. The second-order valence-corrected chi connectivity index (χ2v) is 5.04. The van der Waals surface area contributed by atoms with Gasteiger partial charge in [0.1, 0.15) is 5.82 Å². The van der Waals surface area contributed by atoms with Gasteiger partial charge in [0, 0.05) is 17.7 Å². The lowest BCUT2D eigenvalue weighted by Gasteiger charge is -2.03. The largest absolute Gasteiger partial charge is 0.477 e. The number of aromatic nitrogens is 2. The zero-order valence-corrected chi connectivity index (χ0v) is 12.6. The number of hydrogen-bond donors (Lipinski definition) is 0. The average Bonchev–Trinajstić information content (AvgIpc) is 3.02. The van der Waals surface area contributed by atoms with Crippen molar-refractivity contribution in [2.75, 3.05) is 0 Å². The average molecular weight is 329 g/mol. The van der Waals surface area contributed by atoms with E-state index in [0.717, 1.165) is 29.3 Å². The van der Waals surface area contributed by atoms with Crippen LogP contribution in [0.5, 0.6) is 5.75 Å². The van der Waals surface area contributed by atoms with Crippen molar-refractivity contribution < 1.29 is 18.6 Å². The molecule has 2 aromatic carbocycles. The summed E-state index contributed by atoms with van der Waals surface area (Å²) in [5, 5.41) is 14.7. The van der Waals surface area contributed by atoms with Gasteiger partial charge in [0.05, 0.1) is 4.92 Å². The fourth-order valence-electron chi connectivity index (χ4n) is 2.03. The Kier molecular flexibility index (Phi) is 4.19. The van der Waals surface area contributed by atoms with Crippen molar-refractivity contribution in [3.63, 3.8) is 0 Å². The molecule has 0 N–H and O–H groups in total. The maximum Gasteiger partial charge on any atom is 0.311 e. The second kappa shape index (κ2) is 6.45. The van der Waals surface area contributed by atoms with E-state index in [1.807, 2.05) is 31.2 Å². The first-order chi connectivity index (χ1) is 11.5. The summed E-state index contributed by atoms with van der Waals surface area (Å²) in [6, 6.07) is 10.5. The third-order valence-electron chi connectivity index (χ3n) is 3.25. The number of benzene rings is 2. The molecule has 3 rings (SSSR count). The van der Waals surface area contributed by atoms with Crippen LogP contribution in [0.3, 0.4) is 0 Å². The van der Waals surface area contributed by atoms with Crippen LogP contribution in [-0.4, -0.2) is 15.1 Å². The molecule has 122 valence electrons. The van der Waals surface area contributed by atoms with E-state index in [4.69, 9.17) is 9.26 Å². The van der Waals surface area contributed by atoms with Crippen molar-refractivity contribution in [2.24, 2.45) is 0 Å². The lowest BCUT2D eigenvalue weighted by molar-refractivity contribution is -0.386. The molecule has 7 nitrogen and oxygen atoms in total. The zero-order chi connectivity index (χ0) is 17.1. The summed E-state index contributed by atoms with van der Waals surface area (Å²) in [7, 11) is 0. The first-order valence-electron chi connectivity index (χ1n) is 6.99. The van der Waals surface area contributed by atoms with E-state index in [9.17, 15) is 14.5 Å². The smallest absolute Gasteiger partial charge is 0.311 e. The third kappa shape index (κ3) is 3.37. The van der Waals surface area contributed by atoms with E-state index in [0.29, 0.717) is 5.82 Å². The Labute approximate surface area is 135 Å². The molecule has 0 amide bonds. The Morgan fingerprint density at radius 3 is 2.71 bits per heavy atom. The minimum Gasteiger partial charge on any atom is -0.477 e. The monoisotopic (exact) mass is 329 g/mol. The van der Waals surface area contributed by atoms with Gasteiger partial charge in [-0.2, -0.15) is 4.98 Å². The number of hydrogen-bond acceptors (Lipinski definition) is 6. The van der Waals surface area contributed by atoms with Crippen molar-refractivity contribution in [1.82, 2.24) is 10.1 Å². The Morgan fingerprint density at radius 1 is 1.25 bits per heavy atom. The molecule has 0 saturated heterocycles. The first kappa shape index (κ1) is 15.6. The maximum absolute atomic E-state index is 13.2. The molecule has 0 radical (unpaired) electrons. The fraction of sp³-hybridized carbons (Fsp3) is 0.125. The molecule has 0 fully saturated rings. The predicted molar refractivity (Wildman–Crippen MR) is 81.9 cm³/mol. The SMILES string of the molecule is Cc1ccc(-c2noc(COc3cc(F)ccc3[N+](=O)[O-])n2)cc1. The van der Waals surface area contributed by atoms with Crippen molar-refractivity contribution in [2.45, 2.75) is 13.5 Å². The van der Waals surface area contributed by atoms with Crippen LogP contribution in [0.2, 0.25) is 0 Å². The molecule has 24 heavy (non-hydrogen) atoms. The molecule has 0 bridgehead atoms. The zero-order valence-electron chi connectivity index (χ0n) is 12.6. The van der Waals surface area contributed by atoms with Crippen LogP contribution in [0.1, 0.15) is 11.5 Å². The van der Waals surface area contributed by atoms with Crippen LogP contribution in [-0.2, 0) is 6.61 Å². The van der Waals surface area contributed by atoms with Gasteiger partial charge in [0.15, 0.2) is 6.61 Å². The maximum atomic E-state index is 13.2. The Hall–Kier alpha value is -3.29. The van der Waals surface area contributed by atoms with Crippen LogP contribution in [0.15, 0.2) is 47.0 Å². The number of ether oxygens (including phenoxy) is 1. The highest BCUT2D eigenvalue weighted by Gasteiger charge is 2.17. The number of aryl methyl sites for hydroxylation is 1. The molecular weight excluding hydrogens is 317 g/mol. The normalized spacial score (nSPS) is 10.6. The number of nitro groups is 1. The lowest BCUT2D eigenvalue weighted by atomic mass is 10.1. The predicted octanol–water partition coefficient (Wildman–Crippen LogP) is 3.67. The van der Waals surface area contributed by atoms with Crippen LogP contribution < -0.4 is 4.74 Å². The Morgan fingerprint density at radius 2 is 2.00 bits per heavy atom. The summed E-state index contributed by atoms with van der Waals surface area (Å²) >= 11 is 0. The highest BCUT2D eigenvalue weighted by atomic mass is 19.1. The first-order valence-corrected chi connectivity index (χ1v) is 6.99. The van der Waals surface area contributed by atoms with E-state index in [1.54, 1.807) is 0 Å². The van der Waals surface area contributed by atoms with E-state index < -0.39 is 10.7 Å². The molecule has 0 atom stereocenters. The summed E-state index contributed by atoms with van der Waals surface area (Å²) in [4.78, 5) is 14.4. The molecule has 0 aliphatic carbocycles. The van der Waals surface area contributed by atoms with E-state index in [1.165, 1.54) is 0 Å². The number of nitro benzene ring substituents is 1. The molecular formula is C16H12FN3O4. The Bertz CT molecular complexity index is 877. The third-order valence-corrected chi connectivity index (χ3v) is 3.25. The lowest BCUT2D eigenvalue weighted by Crippen LogP contribution is -2.00. The van der Waals surface area contributed by atoms with Crippen LogP contribution >= 0.6 is 0 Å². The van der Waals surface area contributed by atoms with Gasteiger partial charge in [-0.15, -0.1) is 0 Å². The van der Waals surface area contributed by atoms with Crippen LogP contribution in [0, 0.1) is 22.9 Å². The quantitative estimate of drug-likeness (QED) is 0.524. The molecule has 8 heteroatoms. The van der Waals surface area contributed by atoms with Gasteiger partial charge in [-0.3, -0.25) is 10.1 Å². The van der Waals surface area contributed by atoms with Crippen LogP contribution in [0.4, 0.5) is 10.1 Å². The minimum absolute atomic E-state index is 0.129. The molecule has 0 saturated carbocycles. The summed E-state index contributed by atoms with van der Waals surface area (Å²) in [5.74, 6) is -0.331. The van der Waals surface area contributed by atoms with Gasteiger partial charge in [-0.25, -0.2) is 4.39 Å². The molecule has 3 aromatic rings. The van der Waals surface area contributed by atoms with E-state index in [2.05, 4.69) is 10.1 Å². The molecule has 0 spiro atoms.